The Morgan fingerprint density at radius 2 is 2.31 bits per heavy atom. The lowest BCUT2D eigenvalue weighted by Gasteiger charge is -2.09. The summed E-state index contributed by atoms with van der Waals surface area (Å²) in [6.45, 7) is 2.03. The predicted octanol–water partition coefficient (Wildman–Crippen LogP) is 1.88. The molecule has 1 aromatic rings. The van der Waals surface area contributed by atoms with Gasteiger partial charge in [-0.1, -0.05) is 12.1 Å². The summed E-state index contributed by atoms with van der Waals surface area (Å²) in [5.74, 6) is 0.799. The molecule has 1 rings (SSSR count). The summed E-state index contributed by atoms with van der Waals surface area (Å²) in [6, 6.07) is 7.68. The van der Waals surface area contributed by atoms with E-state index in [4.69, 9.17) is 9.84 Å². The van der Waals surface area contributed by atoms with Gasteiger partial charge >= 0.3 is 0 Å². The van der Waals surface area contributed by atoms with E-state index >= 15 is 0 Å². The smallest absolute Gasteiger partial charge is 0.138 e. The third-order valence-electron chi connectivity index (χ3n) is 1.61. The van der Waals surface area contributed by atoms with Crippen LogP contribution in [0, 0.1) is 0 Å². The Bertz CT molecular complexity index is 261. The van der Waals surface area contributed by atoms with Crippen molar-refractivity contribution in [2.45, 2.75) is 18.8 Å². The van der Waals surface area contributed by atoms with Crippen molar-refractivity contribution in [3.8, 4) is 5.75 Å². The minimum absolute atomic E-state index is 0.107. The van der Waals surface area contributed by atoms with Gasteiger partial charge in [-0.3, -0.25) is 0 Å². The largest absolute Gasteiger partial charge is 0.480 e. The van der Waals surface area contributed by atoms with Crippen LogP contribution in [0.1, 0.15) is 12.5 Å². The summed E-state index contributed by atoms with van der Waals surface area (Å²) in [7, 11) is 0. The van der Waals surface area contributed by atoms with Gasteiger partial charge in [0.2, 0.25) is 0 Å². The van der Waals surface area contributed by atoms with Crippen LogP contribution in [0.5, 0.6) is 5.75 Å². The molecule has 0 aromatic heterocycles. The van der Waals surface area contributed by atoms with Gasteiger partial charge in [0.15, 0.2) is 0 Å². The summed E-state index contributed by atoms with van der Waals surface area (Å²) in [4.78, 5) is 0. The van der Waals surface area contributed by atoms with Crippen molar-refractivity contribution in [3.63, 3.8) is 0 Å². The number of aliphatic hydroxyl groups excluding tert-OH is 1. The zero-order valence-corrected chi connectivity index (χ0v) is 8.50. The first kappa shape index (κ1) is 10.4. The Kier molecular flexibility index (Phi) is 4.12. The second-order valence-electron chi connectivity index (χ2n) is 2.84. The fourth-order valence-electron chi connectivity index (χ4n) is 1.10. The number of hydrogen-bond donors (Lipinski definition) is 2. The van der Waals surface area contributed by atoms with Crippen molar-refractivity contribution < 1.29 is 9.84 Å². The summed E-state index contributed by atoms with van der Waals surface area (Å²) >= 11 is 4.12. The molecule has 0 amide bonds. The molecule has 0 bridgehead atoms. The summed E-state index contributed by atoms with van der Waals surface area (Å²) in [5.41, 5.74) is 0.971. The van der Waals surface area contributed by atoms with Gasteiger partial charge in [0.1, 0.15) is 11.2 Å². The van der Waals surface area contributed by atoms with E-state index in [-0.39, 0.29) is 12.0 Å². The molecule has 0 aliphatic heterocycles. The van der Waals surface area contributed by atoms with Gasteiger partial charge in [-0.05, 0) is 31.0 Å². The van der Waals surface area contributed by atoms with Crippen molar-refractivity contribution in [2.75, 3.05) is 6.61 Å². The van der Waals surface area contributed by atoms with Crippen LogP contribution in [0.4, 0.5) is 0 Å². The Morgan fingerprint density at radius 3 is 2.92 bits per heavy atom. The molecule has 0 spiro atoms. The number of rotatable bonds is 4. The Morgan fingerprint density at radius 1 is 1.54 bits per heavy atom. The van der Waals surface area contributed by atoms with Crippen LogP contribution in [0.25, 0.3) is 0 Å². The topological polar surface area (TPSA) is 29.5 Å². The zero-order chi connectivity index (χ0) is 9.68. The van der Waals surface area contributed by atoms with Crippen LogP contribution >= 0.6 is 12.6 Å². The van der Waals surface area contributed by atoms with Crippen LogP contribution in [-0.2, 0) is 6.42 Å². The molecule has 1 N–H and O–H groups in total. The molecule has 0 fully saturated rings. The normalized spacial score (nSPS) is 12.5. The fourth-order valence-corrected chi connectivity index (χ4v) is 1.22. The average Bonchev–Trinajstić information content (AvgIpc) is 2.04. The van der Waals surface area contributed by atoms with E-state index in [2.05, 4.69) is 12.6 Å². The molecular weight excluding hydrogens is 184 g/mol. The molecule has 2 nitrogen and oxygen atoms in total. The minimum Gasteiger partial charge on any atom is -0.480 e. The molecule has 1 unspecified atom stereocenters. The molecule has 0 aliphatic carbocycles. The van der Waals surface area contributed by atoms with E-state index in [1.54, 1.807) is 0 Å². The van der Waals surface area contributed by atoms with E-state index in [0.717, 1.165) is 11.3 Å². The molecule has 3 heteroatoms. The summed E-state index contributed by atoms with van der Waals surface area (Å²) in [6.07, 6.45) is 0.665. The molecule has 1 atom stereocenters. The highest BCUT2D eigenvalue weighted by atomic mass is 32.1. The predicted molar refractivity (Wildman–Crippen MR) is 56.3 cm³/mol. The number of hydrogen-bond acceptors (Lipinski definition) is 3. The molecular formula is C10H14O2S. The molecule has 0 radical (unpaired) electrons. The van der Waals surface area contributed by atoms with Gasteiger partial charge in [-0.25, -0.2) is 0 Å². The number of aliphatic hydroxyl groups is 1. The first-order valence-corrected chi connectivity index (χ1v) is 4.78. The Balaban J connectivity index is 2.67. The van der Waals surface area contributed by atoms with Gasteiger partial charge in [-0.15, -0.1) is 12.6 Å². The van der Waals surface area contributed by atoms with Gasteiger partial charge < -0.3 is 9.84 Å². The van der Waals surface area contributed by atoms with Crippen molar-refractivity contribution >= 4 is 12.6 Å². The van der Waals surface area contributed by atoms with E-state index in [0.29, 0.717) is 6.42 Å². The number of thiol groups is 1. The Labute approximate surface area is 84.0 Å². The SMILES string of the molecule is CC(S)Oc1cccc(CCO)c1. The maximum Gasteiger partial charge on any atom is 0.138 e. The first-order valence-electron chi connectivity index (χ1n) is 4.27. The molecule has 72 valence electrons. The van der Waals surface area contributed by atoms with Gasteiger partial charge in [0, 0.05) is 6.61 Å². The first-order chi connectivity index (χ1) is 6.22. The zero-order valence-electron chi connectivity index (χ0n) is 7.60. The third kappa shape index (κ3) is 3.70. The highest BCUT2D eigenvalue weighted by molar-refractivity contribution is 7.80. The van der Waals surface area contributed by atoms with Crippen molar-refractivity contribution in [1.82, 2.24) is 0 Å². The van der Waals surface area contributed by atoms with Gasteiger partial charge in [-0.2, -0.15) is 0 Å². The fraction of sp³-hybridized carbons (Fsp3) is 0.400. The lowest BCUT2D eigenvalue weighted by Crippen LogP contribution is -2.02. The van der Waals surface area contributed by atoms with Crippen LogP contribution in [0.15, 0.2) is 24.3 Å². The van der Waals surface area contributed by atoms with E-state index in [9.17, 15) is 0 Å². The van der Waals surface area contributed by atoms with Crippen LogP contribution < -0.4 is 4.74 Å². The molecule has 1 aromatic carbocycles. The number of ether oxygens (including phenoxy) is 1. The van der Waals surface area contributed by atoms with Crippen LogP contribution in [0.3, 0.4) is 0 Å². The lowest BCUT2D eigenvalue weighted by molar-refractivity contribution is 0.297. The van der Waals surface area contributed by atoms with Gasteiger partial charge in [0.05, 0.1) is 0 Å². The molecule has 0 heterocycles. The van der Waals surface area contributed by atoms with Gasteiger partial charge in [0.25, 0.3) is 0 Å². The molecule has 0 aliphatic rings. The summed E-state index contributed by atoms with van der Waals surface area (Å²) in [5, 5.41) is 8.74. The van der Waals surface area contributed by atoms with E-state index in [1.807, 2.05) is 31.2 Å². The maximum absolute atomic E-state index is 8.74. The maximum atomic E-state index is 8.74. The Hall–Kier alpha value is -0.670. The highest BCUT2D eigenvalue weighted by Crippen LogP contribution is 2.15. The lowest BCUT2D eigenvalue weighted by atomic mass is 10.1. The number of benzene rings is 1. The minimum atomic E-state index is -0.107. The van der Waals surface area contributed by atoms with Crippen molar-refractivity contribution in [2.24, 2.45) is 0 Å². The van der Waals surface area contributed by atoms with Crippen molar-refractivity contribution in [3.05, 3.63) is 29.8 Å². The molecule has 13 heavy (non-hydrogen) atoms. The summed E-state index contributed by atoms with van der Waals surface area (Å²) < 4.78 is 5.38. The quantitative estimate of drug-likeness (QED) is 0.571. The van der Waals surface area contributed by atoms with E-state index < -0.39 is 0 Å². The average molecular weight is 198 g/mol. The molecule has 0 saturated carbocycles. The van der Waals surface area contributed by atoms with Crippen molar-refractivity contribution in [1.29, 1.82) is 0 Å². The van der Waals surface area contributed by atoms with Crippen LogP contribution in [-0.4, -0.2) is 17.1 Å². The third-order valence-corrected chi connectivity index (χ3v) is 1.71. The second kappa shape index (κ2) is 5.14. The van der Waals surface area contributed by atoms with Crippen LogP contribution in [0.2, 0.25) is 0 Å². The standard InChI is InChI=1S/C10H14O2S/c1-8(13)12-10-4-2-3-9(7-10)5-6-11/h2-4,7-8,11,13H,5-6H2,1H3. The monoisotopic (exact) mass is 198 g/mol. The second-order valence-corrected chi connectivity index (χ2v) is 3.57. The van der Waals surface area contributed by atoms with E-state index in [1.165, 1.54) is 0 Å². The highest BCUT2D eigenvalue weighted by Gasteiger charge is 1.98. The molecule has 0 saturated heterocycles.